The van der Waals surface area contributed by atoms with E-state index in [2.05, 4.69) is 28.7 Å². The second-order valence-electron chi connectivity index (χ2n) is 6.26. The van der Waals surface area contributed by atoms with Crippen molar-refractivity contribution in [2.24, 2.45) is 0 Å². The molecule has 3 aromatic carbocycles. The van der Waals surface area contributed by atoms with Gasteiger partial charge in [0.15, 0.2) is 0 Å². The number of phenols is 1. The Bertz CT molecular complexity index is 1290. The number of hydrogen-bond donors (Lipinski definition) is 1. The number of aromatic hydroxyl groups is 1. The van der Waals surface area contributed by atoms with Gasteiger partial charge in [-0.25, -0.2) is 4.98 Å². The molecule has 126 valence electrons. The Morgan fingerprint density at radius 1 is 0.885 bits per heavy atom. The van der Waals surface area contributed by atoms with Gasteiger partial charge in [-0.2, -0.15) is 0 Å². The van der Waals surface area contributed by atoms with E-state index in [0.29, 0.717) is 17.1 Å². The molecule has 5 rings (SSSR count). The highest BCUT2D eigenvalue weighted by atomic mass is 16.5. The Labute approximate surface area is 149 Å². The summed E-state index contributed by atoms with van der Waals surface area (Å²) in [5.41, 5.74) is 3.65. The number of rotatable bonds is 2. The van der Waals surface area contributed by atoms with Crippen LogP contribution in [-0.2, 0) is 0 Å². The lowest BCUT2D eigenvalue weighted by atomic mass is 10.1. The molecule has 0 saturated carbocycles. The third kappa shape index (κ3) is 2.05. The monoisotopic (exact) mass is 340 g/mol. The van der Waals surface area contributed by atoms with Crippen molar-refractivity contribution >= 4 is 27.3 Å². The smallest absolute Gasteiger partial charge is 0.149 e. The summed E-state index contributed by atoms with van der Waals surface area (Å²) in [5, 5.41) is 12.7. The van der Waals surface area contributed by atoms with Crippen LogP contribution in [0.25, 0.3) is 38.7 Å². The van der Waals surface area contributed by atoms with E-state index in [9.17, 15) is 5.11 Å². The molecular weight excluding hydrogens is 324 g/mol. The maximum atomic E-state index is 10.5. The summed E-state index contributed by atoms with van der Waals surface area (Å²) in [7, 11) is 1.62. The molecule has 2 heterocycles. The molecule has 0 amide bonds. The molecule has 5 aromatic rings. The minimum absolute atomic E-state index is 0.174. The van der Waals surface area contributed by atoms with Crippen molar-refractivity contribution in [1.82, 2.24) is 9.38 Å². The minimum atomic E-state index is 0.174. The summed E-state index contributed by atoms with van der Waals surface area (Å²) >= 11 is 0. The van der Waals surface area contributed by atoms with Crippen molar-refractivity contribution in [3.63, 3.8) is 0 Å². The highest BCUT2D eigenvalue weighted by molar-refractivity contribution is 6.02. The zero-order valence-electron chi connectivity index (χ0n) is 14.2. The quantitative estimate of drug-likeness (QED) is 0.491. The number of ether oxygens (including phenoxy) is 1. The van der Waals surface area contributed by atoms with Crippen LogP contribution in [-0.4, -0.2) is 21.6 Å². The SMILES string of the molecule is COc1ccc(O)c(-c2nc3ccccc3c3cc4ccccc4n23)c1. The van der Waals surface area contributed by atoms with Crippen LogP contribution in [0, 0.1) is 0 Å². The van der Waals surface area contributed by atoms with Gasteiger partial charge in [0.25, 0.3) is 0 Å². The molecular formula is C22H16N2O2. The van der Waals surface area contributed by atoms with Gasteiger partial charge in [0.2, 0.25) is 0 Å². The van der Waals surface area contributed by atoms with Crippen LogP contribution >= 0.6 is 0 Å². The maximum Gasteiger partial charge on any atom is 0.149 e. The van der Waals surface area contributed by atoms with Gasteiger partial charge in [-0.15, -0.1) is 0 Å². The van der Waals surface area contributed by atoms with Gasteiger partial charge >= 0.3 is 0 Å². The first-order valence-corrected chi connectivity index (χ1v) is 8.42. The summed E-state index contributed by atoms with van der Waals surface area (Å²) in [5.74, 6) is 1.54. The van der Waals surface area contributed by atoms with Gasteiger partial charge in [0.1, 0.15) is 17.3 Å². The minimum Gasteiger partial charge on any atom is -0.507 e. The van der Waals surface area contributed by atoms with Crippen LogP contribution in [0.5, 0.6) is 11.5 Å². The van der Waals surface area contributed by atoms with Gasteiger partial charge in [0, 0.05) is 10.8 Å². The highest BCUT2D eigenvalue weighted by Gasteiger charge is 2.16. The third-order valence-corrected chi connectivity index (χ3v) is 4.77. The van der Waals surface area contributed by atoms with E-state index in [1.807, 2.05) is 36.4 Å². The zero-order valence-corrected chi connectivity index (χ0v) is 14.2. The summed E-state index contributed by atoms with van der Waals surface area (Å²) in [6.07, 6.45) is 0. The molecule has 0 atom stereocenters. The number of para-hydroxylation sites is 2. The predicted molar refractivity (Wildman–Crippen MR) is 104 cm³/mol. The molecule has 0 fully saturated rings. The van der Waals surface area contributed by atoms with Gasteiger partial charge in [-0.05, 0) is 36.4 Å². The van der Waals surface area contributed by atoms with E-state index in [0.717, 1.165) is 27.3 Å². The lowest BCUT2D eigenvalue weighted by Crippen LogP contribution is -1.98. The van der Waals surface area contributed by atoms with Crippen molar-refractivity contribution < 1.29 is 9.84 Å². The number of nitrogens with zero attached hydrogens (tertiary/aromatic N) is 2. The highest BCUT2D eigenvalue weighted by Crippen LogP contribution is 2.36. The Morgan fingerprint density at radius 2 is 1.69 bits per heavy atom. The molecule has 1 N–H and O–H groups in total. The number of aromatic nitrogens is 2. The van der Waals surface area contributed by atoms with Crippen molar-refractivity contribution in [2.75, 3.05) is 7.11 Å². The first kappa shape index (κ1) is 14.8. The van der Waals surface area contributed by atoms with Crippen LogP contribution in [0.2, 0.25) is 0 Å². The van der Waals surface area contributed by atoms with E-state index in [1.54, 1.807) is 19.2 Å². The van der Waals surface area contributed by atoms with Crippen molar-refractivity contribution in [3.8, 4) is 22.9 Å². The normalized spacial score (nSPS) is 11.4. The molecule has 4 nitrogen and oxygen atoms in total. The first-order chi connectivity index (χ1) is 12.8. The van der Waals surface area contributed by atoms with E-state index in [-0.39, 0.29) is 5.75 Å². The standard InChI is InChI=1S/C22H16N2O2/c1-26-15-10-11-21(25)17(13-15)22-23-18-8-4-3-7-16(18)20-12-14-6-2-5-9-19(14)24(20)22/h2-13,25H,1H3. The number of fused-ring (bicyclic) bond motifs is 5. The lowest BCUT2D eigenvalue weighted by molar-refractivity contribution is 0.412. The second-order valence-corrected chi connectivity index (χ2v) is 6.26. The van der Waals surface area contributed by atoms with Crippen LogP contribution < -0.4 is 4.74 Å². The fourth-order valence-electron chi connectivity index (χ4n) is 3.53. The van der Waals surface area contributed by atoms with Gasteiger partial charge in [-0.1, -0.05) is 36.4 Å². The fraction of sp³-hybridized carbons (Fsp3) is 0.0455. The van der Waals surface area contributed by atoms with Gasteiger partial charge in [-0.3, -0.25) is 4.40 Å². The average molecular weight is 340 g/mol. The van der Waals surface area contributed by atoms with Crippen LogP contribution in [0.1, 0.15) is 0 Å². The Balaban J connectivity index is 2.01. The summed E-state index contributed by atoms with van der Waals surface area (Å²) in [4.78, 5) is 4.88. The molecule has 0 spiro atoms. The summed E-state index contributed by atoms with van der Waals surface area (Å²) in [6, 6.07) is 23.6. The molecule has 0 unspecified atom stereocenters. The molecule has 4 heteroatoms. The van der Waals surface area contributed by atoms with Crippen molar-refractivity contribution in [3.05, 3.63) is 72.8 Å². The first-order valence-electron chi connectivity index (χ1n) is 8.42. The molecule has 26 heavy (non-hydrogen) atoms. The molecule has 0 saturated heterocycles. The topological polar surface area (TPSA) is 46.8 Å². The molecule has 0 aliphatic carbocycles. The van der Waals surface area contributed by atoms with Crippen LogP contribution in [0.15, 0.2) is 72.8 Å². The maximum absolute atomic E-state index is 10.5. The summed E-state index contributed by atoms with van der Waals surface area (Å²) in [6.45, 7) is 0. The molecule has 0 aliphatic heterocycles. The van der Waals surface area contributed by atoms with E-state index >= 15 is 0 Å². The molecule has 0 radical (unpaired) electrons. The van der Waals surface area contributed by atoms with Gasteiger partial charge in [0.05, 0.1) is 29.2 Å². The molecule has 0 aliphatic rings. The van der Waals surface area contributed by atoms with E-state index in [1.165, 1.54) is 0 Å². The fourth-order valence-corrected chi connectivity index (χ4v) is 3.53. The Kier molecular flexibility index (Phi) is 3.12. The third-order valence-electron chi connectivity index (χ3n) is 4.77. The summed E-state index contributed by atoms with van der Waals surface area (Å²) < 4.78 is 7.46. The molecule has 2 aromatic heterocycles. The number of hydrogen-bond acceptors (Lipinski definition) is 3. The Morgan fingerprint density at radius 3 is 2.58 bits per heavy atom. The molecule has 0 bridgehead atoms. The van der Waals surface area contributed by atoms with Gasteiger partial charge < -0.3 is 9.84 Å². The van der Waals surface area contributed by atoms with Crippen molar-refractivity contribution in [1.29, 1.82) is 0 Å². The second kappa shape index (κ2) is 5.49. The predicted octanol–water partition coefficient (Wildman–Crippen LogP) is 5.02. The largest absolute Gasteiger partial charge is 0.507 e. The lowest BCUT2D eigenvalue weighted by Gasteiger charge is -2.12. The van der Waals surface area contributed by atoms with E-state index < -0.39 is 0 Å². The number of benzene rings is 3. The Hall–Kier alpha value is -3.53. The van der Waals surface area contributed by atoms with Crippen molar-refractivity contribution in [2.45, 2.75) is 0 Å². The van der Waals surface area contributed by atoms with Crippen LogP contribution in [0.3, 0.4) is 0 Å². The zero-order chi connectivity index (χ0) is 17.7. The average Bonchev–Trinajstić information content (AvgIpc) is 3.08. The van der Waals surface area contributed by atoms with E-state index in [4.69, 9.17) is 9.72 Å². The number of phenolic OH excluding ortho intramolecular Hbond substituents is 1. The number of methoxy groups -OCH3 is 1. The van der Waals surface area contributed by atoms with Crippen LogP contribution in [0.4, 0.5) is 0 Å².